The summed E-state index contributed by atoms with van der Waals surface area (Å²) in [6.07, 6.45) is 0. The van der Waals surface area contributed by atoms with Gasteiger partial charge in [0.2, 0.25) is 5.56 Å². The highest BCUT2D eigenvalue weighted by Crippen LogP contribution is 2.18. The van der Waals surface area contributed by atoms with Crippen LogP contribution in [0.25, 0.3) is 0 Å². The Morgan fingerprint density at radius 1 is 1.20 bits per heavy atom. The Balaban J connectivity index is 2.33. The maximum atomic E-state index is 12.0. The number of aryl methyl sites for hydroxylation is 1. The maximum absolute atomic E-state index is 12.0. The minimum Gasteiger partial charge on any atom is -0.478 e. The number of aromatic amines is 1. The van der Waals surface area contributed by atoms with Crippen LogP contribution in [0.1, 0.15) is 26.4 Å². The molecule has 0 atom stereocenters. The highest BCUT2D eigenvalue weighted by Gasteiger charge is 2.14. The molecular weight excluding hydrogens is 260 g/mol. The van der Waals surface area contributed by atoms with E-state index in [0.717, 1.165) is 5.56 Å². The summed E-state index contributed by atoms with van der Waals surface area (Å²) in [5.74, 6) is -1.71. The van der Waals surface area contributed by atoms with Crippen molar-refractivity contribution >= 4 is 17.6 Å². The molecule has 0 aliphatic rings. The number of nitrogens with one attached hydrogen (secondary N) is 2. The number of benzene rings is 1. The molecule has 0 fully saturated rings. The molecule has 6 nitrogen and oxygen atoms in total. The van der Waals surface area contributed by atoms with Crippen molar-refractivity contribution in [1.29, 1.82) is 0 Å². The smallest absolute Gasteiger partial charge is 0.337 e. The van der Waals surface area contributed by atoms with E-state index >= 15 is 0 Å². The largest absolute Gasteiger partial charge is 0.478 e. The Morgan fingerprint density at radius 2 is 1.95 bits per heavy atom. The molecular formula is C14H12N2O4. The predicted octanol–water partition coefficient (Wildman–Crippen LogP) is 1.63. The molecule has 0 spiro atoms. The third-order valence-corrected chi connectivity index (χ3v) is 2.67. The SMILES string of the molecule is Cc1ccc(NC(=O)c2cccc(=O)[nH]2)c(C(=O)O)c1. The summed E-state index contributed by atoms with van der Waals surface area (Å²) >= 11 is 0. The quantitative estimate of drug-likeness (QED) is 0.790. The molecule has 1 aromatic carbocycles. The number of hydrogen-bond donors (Lipinski definition) is 3. The molecule has 0 bridgehead atoms. The van der Waals surface area contributed by atoms with Gasteiger partial charge in [0.25, 0.3) is 5.91 Å². The molecule has 0 saturated carbocycles. The summed E-state index contributed by atoms with van der Waals surface area (Å²) in [6.45, 7) is 1.76. The van der Waals surface area contributed by atoms with Crippen LogP contribution >= 0.6 is 0 Å². The standard InChI is InChI=1S/C14H12N2O4/c1-8-5-6-10(9(7-8)14(19)20)16-13(18)11-3-2-4-12(17)15-11/h2-7H,1H3,(H,15,17)(H,16,18)(H,19,20). The zero-order valence-electron chi connectivity index (χ0n) is 10.6. The Hall–Kier alpha value is -2.89. The van der Waals surface area contributed by atoms with Gasteiger partial charge < -0.3 is 15.4 Å². The molecule has 1 heterocycles. The second-order valence-corrected chi connectivity index (χ2v) is 4.24. The Kier molecular flexibility index (Phi) is 3.65. The first-order chi connectivity index (χ1) is 9.47. The van der Waals surface area contributed by atoms with Crippen LogP contribution in [-0.2, 0) is 0 Å². The van der Waals surface area contributed by atoms with E-state index in [0.29, 0.717) is 0 Å². The van der Waals surface area contributed by atoms with E-state index in [-0.39, 0.29) is 16.9 Å². The summed E-state index contributed by atoms with van der Waals surface area (Å²) in [5.41, 5.74) is 0.609. The predicted molar refractivity (Wildman–Crippen MR) is 73.2 cm³/mol. The number of carbonyl (C=O) groups excluding carboxylic acids is 1. The van der Waals surface area contributed by atoms with Crippen LogP contribution in [0.15, 0.2) is 41.2 Å². The fourth-order valence-corrected chi connectivity index (χ4v) is 1.71. The number of pyridine rings is 1. The summed E-state index contributed by atoms with van der Waals surface area (Å²) in [5, 5.41) is 11.6. The monoisotopic (exact) mass is 272 g/mol. The number of aromatic nitrogens is 1. The maximum Gasteiger partial charge on any atom is 0.337 e. The van der Waals surface area contributed by atoms with Crippen molar-refractivity contribution in [3.05, 3.63) is 63.6 Å². The van der Waals surface area contributed by atoms with Gasteiger partial charge in [-0.2, -0.15) is 0 Å². The Morgan fingerprint density at radius 3 is 2.60 bits per heavy atom. The number of H-pyrrole nitrogens is 1. The van der Waals surface area contributed by atoms with Gasteiger partial charge in [-0.25, -0.2) is 4.79 Å². The van der Waals surface area contributed by atoms with Gasteiger partial charge in [-0.3, -0.25) is 9.59 Å². The number of hydrogen-bond acceptors (Lipinski definition) is 3. The van der Waals surface area contributed by atoms with Crippen molar-refractivity contribution in [1.82, 2.24) is 4.98 Å². The Labute approximate surface area is 114 Å². The van der Waals surface area contributed by atoms with Crippen molar-refractivity contribution in [3.8, 4) is 0 Å². The van der Waals surface area contributed by atoms with Gasteiger partial charge in [-0.1, -0.05) is 17.7 Å². The number of anilines is 1. The van der Waals surface area contributed by atoms with E-state index in [1.165, 1.54) is 30.3 Å². The van der Waals surface area contributed by atoms with E-state index in [2.05, 4.69) is 10.3 Å². The first-order valence-corrected chi connectivity index (χ1v) is 5.82. The molecule has 20 heavy (non-hydrogen) atoms. The highest BCUT2D eigenvalue weighted by molar-refractivity contribution is 6.06. The summed E-state index contributed by atoms with van der Waals surface area (Å²) in [4.78, 5) is 36.6. The second kappa shape index (κ2) is 5.40. The fraction of sp³-hybridized carbons (Fsp3) is 0.0714. The minimum absolute atomic E-state index is 0.00312. The van der Waals surface area contributed by atoms with Crippen molar-refractivity contribution < 1.29 is 14.7 Å². The highest BCUT2D eigenvalue weighted by atomic mass is 16.4. The van der Waals surface area contributed by atoms with Crippen LogP contribution in [-0.4, -0.2) is 22.0 Å². The number of rotatable bonds is 3. The van der Waals surface area contributed by atoms with Gasteiger partial charge >= 0.3 is 5.97 Å². The van der Waals surface area contributed by atoms with Gasteiger partial charge in [0.05, 0.1) is 11.3 Å². The molecule has 6 heteroatoms. The van der Waals surface area contributed by atoms with Gasteiger partial charge in [-0.05, 0) is 25.1 Å². The van der Waals surface area contributed by atoms with E-state index in [9.17, 15) is 14.4 Å². The molecule has 0 aliphatic carbocycles. The Bertz CT molecular complexity index is 734. The van der Waals surface area contributed by atoms with E-state index in [1.54, 1.807) is 13.0 Å². The molecule has 2 aromatic rings. The molecule has 3 N–H and O–H groups in total. The van der Waals surface area contributed by atoms with Crippen LogP contribution in [0.3, 0.4) is 0 Å². The van der Waals surface area contributed by atoms with Crippen LogP contribution < -0.4 is 10.9 Å². The van der Waals surface area contributed by atoms with Crippen LogP contribution in [0.5, 0.6) is 0 Å². The van der Waals surface area contributed by atoms with Crippen molar-refractivity contribution in [2.24, 2.45) is 0 Å². The minimum atomic E-state index is -1.13. The number of carboxylic acids is 1. The number of carbonyl (C=O) groups is 2. The third-order valence-electron chi connectivity index (χ3n) is 2.67. The average Bonchev–Trinajstić information content (AvgIpc) is 2.40. The van der Waals surface area contributed by atoms with Gasteiger partial charge in [0.15, 0.2) is 0 Å². The molecule has 102 valence electrons. The molecule has 0 saturated heterocycles. The molecule has 1 aromatic heterocycles. The van der Waals surface area contributed by atoms with E-state index < -0.39 is 17.4 Å². The number of amides is 1. The van der Waals surface area contributed by atoms with E-state index in [1.807, 2.05) is 0 Å². The lowest BCUT2D eigenvalue weighted by Crippen LogP contribution is -2.19. The number of carboxylic acid groups (broad SMARTS) is 1. The number of aromatic carboxylic acids is 1. The summed E-state index contributed by atoms with van der Waals surface area (Å²) in [7, 11) is 0. The van der Waals surface area contributed by atoms with Gasteiger partial charge in [-0.15, -0.1) is 0 Å². The van der Waals surface area contributed by atoms with Crippen LogP contribution in [0.2, 0.25) is 0 Å². The molecule has 1 amide bonds. The topological polar surface area (TPSA) is 99.3 Å². The summed E-state index contributed by atoms with van der Waals surface area (Å²) in [6, 6.07) is 8.83. The lowest BCUT2D eigenvalue weighted by Gasteiger charge is -2.09. The lowest BCUT2D eigenvalue weighted by atomic mass is 10.1. The first-order valence-electron chi connectivity index (χ1n) is 5.82. The normalized spacial score (nSPS) is 10.1. The average molecular weight is 272 g/mol. The third kappa shape index (κ3) is 2.92. The second-order valence-electron chi connectivity index (χ2n) is 4.24. The lowest BCUT2D eigenvalue weighted by molar-refractivity contribution is 0.0698. The first kappa shape index (κ1) is 13.5. The summed E-state index contributed by atoms with van der Waals surface area (Å²) < 4.78 is 0. The van der Waals surface area contributed by atoms with Crippen molar-refractivity contribution in [2.45, 2.75) is 6.92 Å². The van der Waals surface area contributed by atoms with E-state index in [4.69, 9.17) is 5.11 Å². The zero-order chi connectivity index (χ0) is 14.7. The van der Waals surface area contributed by atoms with Crippen molar-refractivity contribution in [3.63, 3.8) is 0 Å². The van der Waals surface area contributed by atoms with Gasteiger partial charge in [0.1, 0.15) is 5.69 Å². The fourth-order valence-electron chi connectivity index (χ4n) is 1.71. The molecule has 0 radical (unpaired) electrons. The molecule has 0 aliphatic heterocycles. The van der Waals surface area contributed by atoms with Crippen LogP contribution in [0.4, 0.5) is 5.69 Å². The zero-order valence-corrected chi connectivity index (χ0v) is 10.6. The molecule has 2 rings (SSSR count). The van der Waals surface area contributed by atoms with Crippen molar-refractivity contribution in [2.75, 3.05) is 5.32 Å². The van der Waals surface area contributed by atoms with Gasteiger partial charge in [0, 0.05) is 6.07 Å². The van der Waals surface area contributed by atoms with Crippen LogP contribution in [0, 0.1) is 6.92 Å². The molecule has 0 unspecified atom stereocenters.